The van der Waals surface area contributed by atoms with Crippen LogP contribution in [0.25, 0.3) is 11.1 Å². The molecule has 1 aliphatic heterocycles. The van der Waals surface area contributed by atoms with E-state index in [1.165, 1.54) is 12.1 Å². The Morgan fingerprint density at radius 3 is 2.25 bits per heavy atom. The molecule has 4 aromatic rings. The van der Waals surface area contributed by atoms with Crippen molar-refractivity contribution in [3.8, 4) is 17.0 Å². The average Bonchev–Trinajstić information content (AvgIpc) is 3.04. The first-order chi connectivity index (χ1) is 21.2. The molecular weight excluding hydrogens is 565 g/mol. The van der Waals surface area contributed by atoms with Crippen molar-refractivity contribution >= 4 is 5.91 Å². The Morgan fingerprint density at radius 1 is 0.955 bits per heavy atom. The van der Waals surface area contributed by atoms with E-state index in [2.05, 4.69) is 27.1 Å². The first-order valence-electron chi connectivity index (χ1n) is 15.0. The molecule has 0 bridgehead atoms. The summed E-state index contributed by atoms with van der Waals surface area (Å²) in [6, 6.07) is 22.5. The number of amides is 1. The highest BCUT2D eigenvalue weighted by Crippen LogP contribution is 2.37. The zero-order chi connectivity index (χ0) is 31.1. The van der Waals surface area contributed by atoms with Gasteiger partial charge >= 0.3 is 6.18 Å². The SMILES string of the molecule is Cc1cccc(OC(c2ccc(C(F)(F)F)cc2)C2CCN([C@H](C)CCNC(=O)c3ccc(-c4ccncc4)cc3)CC2)n1. The van der Waals surface area contributed by atoms with E-state index >= 15 is 0 Å². The first-order valence-corrected chi connectivity index (χ1v) is 15.0. The van der Waals surface area contributed by atoms with Crippen molar-refractivity contribution in [2.75, 3.05) is 19.6 Å². The van der Waals surface area contributed by atoms with Gasteiger partial charge in [-0.25, -0.2) is 4.98 Å². The molecule has 230 valence electrons. The second kappa shape index (κ2) is 14.0. The van der Waals surface area contributed by atoms with Gasteiger partial charge in [0.05, 0.1) is 5.56 Å². The van der Waals surface area contributed by atoms with Crippen molar-refractivity contribution in [3.63, 3.8) is 0 Å². The Kier molecular flexibility index (Phi) is 9.95. The third kappa shape index (κ3) is 8.02. The van der Waals surface area contributed by atoms with Crippen LogP contribution in [0.15, 0.2) is 91.3 Å². The Balaban J connectivity index is 1.14. The molecule has 2 atom stereocenters. The van der Waals surface area contributed by atoms with E-state index in [0.717, 1.165) is 61.3 Å². The monoisotopic (exact) mass is 602 g/mol. The summed E-state index contributed by atoms with van der Waals surface area (Å²) in [6.07, 6.45) is 1.16. The highest BCUT2D eigenvalue weighted by atomic mass is 19.4. The molecule has 2 aromatic heterocycles. The minimum Gasteiger partial charge on any atom is -0.469 e. The van der Waals surface area contributed by atoms with Crippen LogP contribution in [0.2, 0.25) is 0 Å². The maximum absolute atomic E-state index is 13.2. The van der Waals surface area contributed by atoms with Gasteiger partial charge in [-0.3, -0.25) is 9.78 Å². The molecule has 1 amide bonds. The molecule has 5 rings (SSSR count). The number of alkyl halides is 3. The minimum atomic E-state index is -4.39. The normalized spacial score (nSPS) is 15.8. The molecule has 44 heavy (non-hydrogen) atoms. The summed E-state index contributed by atoms with van der Waals surface area (Å²) < 4.78 is 46.0. The van der Waals surface area contributed by atoms with Gasteiger partial charge in [-0.05, 0) is 105 Å². The number of hydrogen-bond acceptors (Lipinski definition) is 5. The predicted octanol–water partition coefficient (Wildman–Crippen LogP) is 7.51. The lowest BCUT2D eigenvalue weighted by Crippen LogP contribution is -2.43. The Labute approximate surface area is 256 Å². The fourth-order valence-corrected chi connectivity index (χ4v) is 5.71. The van der Waals surface area contributed by atoms with Crippen molar-refractivity contribution in [2.45, 2.75) is 51.4 Å². The minimum absolute atomic E-state index is 0.0986. The van der Waals surface area contributed by atoms with Crippen LogP contribution in [-0.4, -0.2) is 46.5 Å². The van der Waals surface area contributed by atoms with Crippen LogP contribution in [0, 0.1) is 12.8 Å². The number of pyridine rings is 2. The highest BCUT2D eigenvalue weighted by Gasteiger charge is 2.33. The van der Waals surface area contributed by atoms with E-state index in [9.17, 15) is 18.0 Å². The van der Waals surface area contributed by atoms with Gasteiger partial charge < -0.3 is 15.0 Å². The molecule has 1 fully saturated rings. The molecule has 2 aromatic carbocycles. The van der Waals surface area contributed by atoms with E-state index in [1.54, 1.807) is 18.5 Å². The zero-order valence-electron chi connectivity index (χ0n) is 24.9. The molecule has 3 heterocycles. The fourth-order valence-electron chi connectivity index (χ4n) is 5.71. The Morgan fingerprint density at radius 2 is 1.61 bits per heavy atom. The van der Waals surface area contributed by atoms with Crippen molar-refractivity contribution in [3.05, 3.63) is 114 Å². The molecule has 1 unspecified atom stereocenters. The number of aryl methyl sites for hydroxylation is 1. The lowest BCUT2D eigenvalue weighted by atomic mass is 9.86. The van der Waals surface area contributed by atoms with Crippen molar-refractivity contribution in [1.29, 1.82) is 0 Å². The van der Waals surface area contributed by atoms with Gasteiger partial charge in [0.25, 0.3) is 5.91 Å². The first kappa shape index (κ1) is 31.2. The van der Waals surface area contributed by atoms with E-state index < -0.39 is 17.8 Å². The van der Waals surface area contributed by atoms with Crippen LogP contribution in [0.3, 0.4) is 0 Å². The molecule has 0 saturated carbocycles. The third-order valence-electron chi connectivity index (χ3n) is 8.31. The lowest BCUT2D eigenvalue weighted by molar-refractivity contribution is -0.137. The average molecular weight is 603 g/mol. The number of nitrogens with one attached hydrogen (secondary N) is 1. The molecule has 0 radical (unpaired) electrons. The number of carbonyl (C=O) groups is 1. The zero-order valence-corrected chi connectivity index (χ0v) is 24.9. The van der Waals surface area contributed by atoms with Gasteiger partial charge in [0.2, 0.25) is 5.88 Å². The number of halogens is 3. The van der Waals surface area contributed by atoms with Gasteiger partial charge in [0.15, 0.2) is 0 Å². The molecule has 0 aliphatic carbocycles. The van der Waals surface area contributed by atoms with Crippen LogP contribution in [0.5, 0.6) is 5.88 Å². The third-order valence-corrected chi connectivity index (χ3v) is 8.31. The molecule has 9 heteroatoms. The Hall–Kier alpha value is -4.24. The maximum Gasteiger partial charge on any atom is 0.416 e. The fraction of sp³-hybridized carbons (Fsp3) is 0.343. The number of rotatable bonds is 10. The van der Waals surface area contributed by atoms with E-state index in [-0.39, 0.29) is 17.9 Å². The van der Waals surface area contributed by atoms with Gasteiger partial charge in [-0.1, -0.05) is 30.3 Å². The molecule has 6 nitrogen and oxygen atoms in total. The predicted molar refractivity (Wildman–Crippen MR) is 164 cm³/mol. The van der Waals surface area contributed by atoms with E-state index in [0.29, 0.717) is 23.6 Å². The van der Waals surface area contributed by atoms with Gasteiger partial charge in [0.1, 0.15) is 6.10 Å². The maximum atomic E-state index is 13.2. The van der Waals surface area contributed by atoms with Gasteiger partial charge in [-0.2, -0.15) is 13.2 Å². The molecule has 0 spiro atoms. The largest absolute Gasteiger partial charge is 0.469 e. The summed E-state index contributed by atoms with van der Waals surface area (Å²) in [7, 11) is 0. The van der Waals surface area contributed by atoms with Crippen molar-refractivity contribution in [1.82, 2.24) is 20.2 Å². The summed E-state index contributed by atoms with van der Waals surface area (Å²) in [5.74, 6) is 0.485. The smallest absolute Gasteiger partial charge is 0.416 e. The summed E-state index contributed by atoms with van der Waals surface area (Å²) >= 11 is 0. The van der Waals surface area contributed by atoms with E-state index in [1.807, 2.05) is 55.5 Å². The lowest BCUT2D eigenvalue weighted by Gasteiger charge is -2.39. The topological polar surface area (TPSA) is 67.3 Å². The van der Waals surface area contributed by atoms with Crippen molar-refractivity contribution in [2.24, 2.45) is 5.92 Å². The number of likely N-dealkylation sites (tertiary alicyclic amines) is 1. The summed E-state index contributed by atoms with van der Waals surface area (Å²) in [4.78, 5) is 23.7. The number of piperidine rings is 1. The number of aromatic nitrogens is 2. The van der Waals surface area contributed by atoms with Crippen LogP contribution < -0.4 is 10.1 Å². The van der Waals surface area contributed by atoms with Crippen LogP contribution in [0.1, 0.15) is 59.5 Å². The van der Waals surface area contributed by atoms with Crippen molar-refractivity contribution < 1.29 is 22.7 Å². The van der Waals surface area contributed by atoms with Crippen LogP contribution in [-0.2, 0) is 6.18 Å². The van der Waals surface area contributed by atoms with Gasteiger partial charge in [0, 0.05) is 48.2 Å². The van der Waals surface area contributed by atoms with E-state index in [4.69, 9.17) is 4.74 Å². The Bertz CT molecular complexity index is 1500. The summed E-state index contributed by atoms with van der Waals surface area (Å²) in [6.45, 7) is 6.26. The molecular formula is C35H37F3N4O2. The molecule has 1 N–H and O–H groups in total. The number of nitrogens with zero attached hydrogens (tertiary/aromatic N) is 3. The quantitative estimate of drug-likeness (QED) is 0.204. The van der Waals surface area contributed by atoms with Gasteiger partial charge in [-0.15, -0.1) is 0 Å². The summed E-state index contributed by atoms with van der Waals surface area (Å²) in [5.41, 5.74) is 3.55. The summed E-state index contributed by atoms with van der Waals surface area (Å²) in [5, 5.41) is 3.04. The standard InChI is InChI=1S/C35H37F3N4O2/c1-24-4-3-5-32(41-24)44-33(28-10-12-31(13-11-28)35(36,37)38)29-17-22-42(23-18-29)25(2)14-21-40-34(43)30-8-6-26(7-9-30)27-15-19-39-20-16-27/h3-13,15-16,19-20,25,29,33H,14,17-18,21-23H2,1-2H3,(H,40,43)/t25-,33?/m1/s1. The molecule has 1 saturated heterocycles. The number of carbonyl (C=O) groups excluding carboxylic acids is 1. The second-order valence-corrected chi connectivity index (χ2v) is 11.4. The second-order valence-electron chi connectivity index (χ2n) is 11.4. The van der Waals surface area contributed by atoms with Crippen LogP contribution >= 0.6 is 0 Å². The number of benzene rings is 2. The highest BCUT2D eigenvalue weighted by molar-refractivity contribution is 5.94. The number of hydrogen-bond donors (Lipinski definition) is 1. The van der Waals surface area contributed by atoms with Crippen LogP contribution in [0.4, 0.5) is 13.2 Å². The number of ether oxygens (including phenoxy) is 1. The molecule has 1 aliphatic rings.